The van der Waals surface area contributed by atoms with E-state index in [2.05, 4.69) is 31.0 Å². The van der Waals surface area contributed by atoms with Crippen LogP contribution in [-0.4, -0.2) is 25.6 Å². The molecule has 0 saturated heterocycles. The van der Waals surface area contributed by atoms with E-state index in [4.69, 9.17) is 0 Å². The topological polar surface area (TPSA) is 83.2 Å². The maximum atomic E-state index is 11.0. The van der Waals surface area contributed by atoms with E-state index in [-0.39, 0.29) is 57.1 Å². The molecule has 0 aliphatic heterocycles. The first-order valence-corrected chi connectivity index (χ1v) is 6.13. The normalized spacial score (nSPS) is 10.2. The van der Waals surface area contributed by atoms with Gasteiger partial charge in [-0.15, -0.1) is 0 Å². The Balaban J connectivity index is 0.00000147. The Hall–Kier alpha value is -0.644. The molecular weight excluding hydrogens is 351 g/mol. The van der Waals surface area contributed by atoms with Crippen LogP contribution < -0.4 is 56.5 Å². The molecule has 0 radical (unpaired) electrons. The Labute approximate surface area is 164 Å². The molecule has 0 aromatic carbocycles. The fourth-order valence-corrected chi connectivity index (χ4v) is 2.11. The second-order valence-corrected chi connectivity index (χ2v) is 4.58. The van der Waals surface area contributed by atoms with Gasteiger partial charge in [0.25, 0.3) is 0 Å². The van der Waals surface area contributed by atoms with Crippen molar-refractivity contribution in [3.05, 3.63) is 46.8 Å². The van der Waals surface area contributed by atoms with Crippen LogP contribution in [0.3, 0.4) is 0 Å². The summed E-state index contributed by atoms with van der Waals surface area (Å²) in [5.41, 5.74) is 1.40. The van der Waals surface area contributed by atoms with Crippen LogP contribution in [0.15, 0.2) is 41.1 Å². The fraction of sp³-hybridized carbons (Fsp3) is 0. The van der Waals surface area contributed by atoms with Gasteiger partial charge in [-0.2, -0.15) is 5.10 Å². The number of carbonyl (C=O) groups excluding carboxylic acids is 1. The van der Waals surface area contributed by atoms with Gasteiger partial charge in [-0.05, 0) is 34.1 Å². The number of carboxylic acids is 1. The molecule has 8 heteroatoms. The number of nitrogens with zero attached hydrogens (tertiary/aromatic N) is 4. The summed E-state index contributed by atoms with van der Waals surface area (Å²) in [6.45, 7) is 0. The standard InChI is InChI=1S/C12H7BrN4O2.K/c13-10-6-11-15-8(12(18)19)5-9(17(11)16-10)7-3-1-2-4-14-7;/h1-6H,(H,18,19);/q;+1/p-1. The third-order valence-corrected chi connectivity index (χ3v) is 2.92. The predicted octanol–water partition coefficient (Wildman–Crippen LogP) is -2.08. The molecule has 6 nitrogen and oxygen atoms in total. The van der Waals surface area contributed by atoms with Crippen LogP contribution >= 0.6 is 15.9 Å². The minimum atomic E-state index is -1.34. The Morgan fingerprint density at radius 2 is 2.10 bits per heavy atom. The average molecular weight is 357 g/mol. The number of rotatable bonds is 2. The van der Waals surface area contributed by atoms with Crippen molar-refractivity contribution in [1.82, 2.24) is 19.6 Å². The largest absolute Gasteiger partial charge is 1.00 e. The molecule has 3 aromatic rings. The van der Waals surface area contributed by atoms with E-state index < -0.39 is 5.97 Å². The Bertz CT molecular complexity index is 776. The van der Waals surface area contributed by atoms with Crippen molar-refractivity contribution in [2.75, 3.05) is 0 Å². The molecule has 0 atom stereocenters. The van der Waals surface area contributed by atoms with Crippen molar-refractivity contribution in [2.24, 2.45) is 0 Å². The van der Waals surface area contributed by atoms with Gasteiger partial charge >= 0.3 is 51.4 Å². The van der Waals surface area contributed by atoms with Gasteiger partial charge < -0.3 is 9.90 Å². The number of carboxylic acid groups (broad SMARTS) is 1. The zero-order chi connectivity index (χ0) is 13.4. The van der Waals surface area contributed by atoms with E-state index in [1.165, 1.54) is 10.6 Å². The van der Waals surface area contributed by atoms with Crippen molar-refractivity contribution in [1.29, 1.82) is 0 Å². The number of aromatic nitrogens is 4. The van der Waals surface area contributed by atoms with Crippen LogP contribution in [-0.2, 0) is 0 Å². The third-order valence-electron chi connectivity index (χ3n) is 2.53. The van der Waals surface area contributed by atoms with E-state index in [9.17, 15) is 9.90 Å². The molecule has 0 unspecified atom stereocenters. The molecule has 0 saturated carbocycles. The first-order chi connectivity index (χ1) is 9.15. The minimum Gasteiger partial charge on any atom is -0.543 e. The molecular formula is C12H6BrKN4O2. The van der Waals surface area contributed by atoms with Gasteiger partial charge in [0.15, 0.2) is 5.65 Å². The maximum Gasteiger partial charge on any atom is 1.00 e. The summed E-state index contributed by atoms with van der Waals surface area (Å²) < 4.78 is 2.09. The molecule has 0 aliphatic rings. The molecule has 0 aliphatic carbocycles. The van der Waals surface area contributed by atoms with Gasteiger partial charge in [0.05, 0.1) is 23.1 Å². The summed E-state index contributed by atoms with van der Waals surface area (Å²) in [5, 5.41) is 15.2. The Morgan fingerprint density at radius 1 is 1.30 bits per heavy atom. The fourth-order valence-electron chi connectivity index (χ4n) is 1.75. The number of hydrogen-bond donors (Lipinski definition) is 0. The first kappa shape index (κ1) is 15.7. The minimum absolute atomic E-state index is 0. The summed E-state index contributed by atoms with van der Waals surface area (Å²) in [5.74, 6) is -1.34. The number of pyridine rings is 1. The van der Waals surface area contributed by atoms with E-state index in [0.717, 1.165) is 0 Å². The zero-order valence-corrected chi connectivity index (χ0v) is 15.2. The molecule has 3 aromatic heterocycles. The van der Waals surface area contributed by atoms with Gasteiger partial charge in [-0.3, -0.25) is 4.98 Å². The van der Waals surface area contributed by atoms with Gasteiger partial charge in [0, 0.05) is 12.3 Å². The van der Waals surface area contributed by atoms with Gasteiger partial charge in [0.1, 0.15) is 4.60 Å². The van der Waals surface area contributed by atoms with E-state index in [0.29, 0.717) is 21.6 Å². The SMILES string of the molecule is O=C([O-])c1cc(-c2ccccn2)n2nc(Br)cc2n1.[K+]. The molecule has 0 N–H and O–H groups in total. The molecule has 3 heterocycles. The summed E-state index contributed by atoms with van der Waals surface area (Å²) >= 11 is 3.24. The maximum absolute atomic E-state index is 11.0. The first-order valence-electron chi connectivity index (χ1n) is 5.34. The summed E-state index contributed by atoms with van der Waals surface area (Å²) in [6.07, 6.45) is 1.62. The number of carbonyl (C=O) groups is 1. The average Bonchev–Trinajstić information content (AvgIpc) is 2.78. The van der Waals surface area contributed by atoms with E-state index >= 15 is 0 Å². The molecule has 0 fully saturated rings. The van der Waals surface area contributed by atoms with Crippen molar-refractivity contribution in [2.45, 2.75) is 0 Å². The summed E-state index contributed by atoms with van der Waals surface area (Å²) in [6, 6.07) is 8.37. The van der Waals surface area contributed by atoms with Crippen molar-refractivity contribution >= 4 is 27.5 Å². The molecule has 94 valence electrons. The molecule has 0 amide bonds. The smallest absolute Gasteiger partial charge is 0.543 e. The van der Waals surface area contributed by atoms with Crippen LogP contribution in [0.4, 0.5) is 0 Å². The number of hydrogen-bond acceptors (Lipinski definition) is 5. The van der Waals surface area contributed by atoms with Gasteiger partial charge in [0.2, 0.25) is 0 Å². The van der Waals surface area contributed by atoms with Crippen LogP contribution in [0, 0.1) is 0 Å². The zero-order valence-electron chi connectivity index (χ0n) is 10.4. The van der Waals surface area contributed by atoms with Crippen LogP contribution in [0.2, 0.25) is 0 Å². The molecule has 20 heavy (non-hydrogen) atoms. The van der Waals surface area contributed by atoms with Gasteiger partial charge in [-0.1, -0.05) is 6.07 Å². The van der Waals surface area contributed by atoms with E-state index in [1.807, 2.05) is 6.07 Å². The second kappa shape index (κ2) is 6.42. The summed E-state index contributed by atoms with van der Waals surface area (Å²) in [4.78, 5) is 19.2. The van der Waals surface area contributed by atoms with Gasteiger partial charge in [-0.25, -0.2) is 9.50 Å². The Morgan fingerprint density at radius 3 is 2.75 bits per heavy atom. The van der Waals surface area contributed by atoms with E-state index in [1.54, 1.807) is 24.4 Å². The van der Waals surface area contributed by atoms with Crippen molar-refractivity contribution < 1.29 is 61.3 Å². The van der Waals surface area contributed by atoms with Crippen LogP contribution in [0.5, 0.6) is 0 Å². The number of halogens is 1. The van der Waals surface area contributed by atoms with Crippen LogP contribution in [0.1, 0.15) is 10.5 Å². The molecule has 3 rings (SSSR count). The quantitative estimate of drug-likeness (QED) is 0.492. The monoisotopic (exact) mass is 356 g/mol. The molecule has 0 spiro atoms. The van der Waals surface area contributed by atoms with Crippen LogP contribution in [0.25, 0.3) is 17.0 Å². The summed E-state index contributed by atoms with van der Waals surface area (Å²) in [7, 11) is 0. The third kappa shape index (κ3) is 3.00. The second-order valence-electron chi connectivity index (χ2n) is 3.77. The van der Waals surface area contributed by atoms with Crippen molar-refractivity contribution in [3.8, 4) is 11.4 Å². The van der Waals surface area contributed by atoms with Crippen molar-refractivity contribution in [3.63, 3.8) is 0 Å². The Kier molecular flexibility index (Phi) is 5.05. The number of aromatic carboxylic acids is 1. The predicted molar refractivity (Wildman–Crippen MR) is 68.2 cm³/mol. The number of fused-ring (bicyclic) bond motifs is 1. The molecule has 0 bridgehead atoms.